The Morgan fingerprint density at radius 2 is 1.73 bits per heavy atom. The molecule has 0 spiro atoms. The van der Waals surface area contributed by atoms with E-state index in [1.54, 1.807) is 0 Å². The van der Waals surface area contributed by atoms with E-state index in [9.17, 15) is 4.79 Å². The molecule has 0 aromatic heterocycles. The molecule has 0 saturated carbocycles. The number of nitrogens with two attached hydrogens (primary N) is 1. The minimum atomic E-state index is -0.682. The monoisotopic (exact) mass is 229 g/mol. The highest BCUT2D eigenvalue weighted by molar-refractivity contribution is 5.85. The van der Waals surface area contributed by atoms with Gasteiger partial charge >= 0.3 is 5.97 Å². The molecule has 0 aliphatic rings. The molecule has 0 bridgehead atoms. The van der Waals surface area contributed by atoms with Gasteiger partial charge in [-0.25, -0.2) is 0 Å². The number of halogens is 1. The number of rotatable bonds is 2. The Morgan fingerprint density at radius 1 is 1.27 bits per heavy atom. The van der Waals surface area contributed by atoms with E-state index in [0.717, 1.165) is 16.7 Å². The van der Waals surface area contributed by atoms with Crippen molar-refractivity contribution in [2.45, 2.75) is 19.9 Å². The molecule has 0 radical (unpaired) electrons. The van der Waals surface area contributed by atoms with Gasteiger partial charge in [-0.3, -0.25) is 4.79 Å². The predicted molar refractivity (Wildman–Crippen MR) is 62.1 cm³/mol. The second-order valence-corrected chi connectivity index (χ2v) is 3.42. The minimum Gasteiger partial charge on any atom is -0.468 e. The molecule has 2 N–H and O–H groups in total. The van der Waals surface area contributed by atoms with Crippen molar-refractivity contribution in [1.29, 1.82) is 0 Å². The lowest BCUT2D eigenvalue weighted by Crippen LogP contribution is -2.22. The van der Waals surface area contributed by atoms with E-state index in [0.29, 0.717) is 0 Å². The number of esters is 1. The van der Waals surface area contributed by atoms with Crippen LogP contribution in [0.2, 0.25) is 0 Å². The van der Waals surface area contributed by atoms with Gasteiger partial charge in [-0.1, -0.05) is 29.3 Å². The molecule has 1 aromatic rings. The predicted octanol–water partition coefficient (Wildman–Crippen LogP) is 1.90. The van der Waals surface area contributed by atoms with Crippen molar-refractivity contribution in [3.8, 4) is 0 Å². The van der Waals surface area contributed by atoms with Crippen molar-refractivity contribution in [3.63, 3.8) is 0 Å². The number of aryl methyl sites for hydroxylation is 2. The van der Waals surface area contributed by atoms with Gasteiger partial charge in [-0.15, -0.1) is 12.4 Å². The number of benzene rings is 1. The van der Waals surface area contributed by atoms with Crippen LogP contribution in [0.4, 0.5) is 0 Å². The van der Waals surface area contributed by atoms with Crippen molar-refractivity contribution < 1.29 is 9.53 Å². The fourth-order valence-corrected chi connectivity index (χ4v) is 1.45. The third-order valence-electron chi connectivity index (χ3n) is 2.06. The molecule has 0 fully saturated rings. The molecule has 15 heavy (non-hydrogen) atoms. The Labute approximate surface area is 96.0 Å². The SMILES string of the molecule is COC(=O)[C@H](N)c1cc(C)cc(C)c1.Cl. The second kappa shape index (κ2) is 5.73. The molecule has 1 aromatic carbocycles. The first-order valence-electron chi connectivity index (χ1n) is 4.46. The lowest BCUT2D eigenvalue weighted by Gasteiger charge is -2.11. The molecule has 1 atom stereocenters. The summed E-state index contributed by atoms with van der Waals surface area (Å²) < 4.78 is 4.58. The fraction of sp³-hybridized carbons (Fsp3) is 0.364. The maximum atomic E-state index is 11.2. The van der Waals surface area contributed by atoms with Gasteiger partial charge in [0.2, 0.25) is 0 Å². The summed E-state index contributed by atoms with van der Waals surface area (Å²) in [5.41, 5.74) is 8.71. The number of hydrogen-bond donors (Lipinski definition) is 1. The van der Waals surface area contributed by atoms with Crippen LogP contribution in [-0.2, 0) is 9.53 Å². The van der Waals surface area contributed by atoms with E-state index in [1.807, 2.05) is 32.0 Å². The summed E-state index contributed by atoms with van der Waals surface area (Å²) in [6, 6.07) is 5.15. The second-order valence-electron chi connectivity index (χ2n) is 3.42. The quantitative estimate of drug-likeness (QED) is 0.789. The molecule has 1 rings (SSSR count). The zero-order valence-corrected chi connectivity index (χ0v) is 9.93. The number of hydrogen-bond acceptors (Lipinski definition) is 3. The number of methoxy groups -OCH3 is 1. The number of carbonyl (C=O) groups excluding carboxylic acids is 1. The Hall–Kier alpha value is -1.06. The molecule has 0 amide bonds. The molecule has 4 heteroatoms. The highest BCUT2D eigenvalue weighted by Gasteiger charge is 2.16. The van der Waals surface area contributed by atoms with Gasteiger partial charge in [-0.05, 0) is 19.4 Å². The van der Waals surface area contributed by atoms with Gasteiger partial charge in [0, 0.05) is 0 Å². The molecule has 0 unspecified atom stereocenters. The summed E-state index contributed by atoms with van der Waals surface area (Å²) in [5.74, 6) is -0.407. The summed E-state index contributed by atoms with van der Waals surface area (Å²) in [6.45, 7) is 3.95. The van der Waals surface area contributed by atoms with Gasteiger partial charge in [-0.2, -0.15) is 0 Å². The van der Waals surface area contributed by atoms with Crippen LogP contribution in [-0.4, -0.2) is 13.1 Å². The third kappa shape index (κ3) is 3.53. The van der Waals surface area contributed by atoms with E-state index in [2.05, 4.69) is 4.74 Å². The van der Waals surface area contributed by atoms with Gasteiger partial charge in [0.15, 0.2) is 0 Å². The molecular weight excluding hydrogens is 214 g/mol. The van der Waals surface area contributed by atoms with Gasteiger partial charge < -0.3 is 10.5 Å². The zero-order valence-electron chi connectivity index (χ0n) is 9.11. The Morgan fingerprint density at radius 3 is 2.13 bits per heavy atom. The van der Waals surface area contributed by atoms with Gasteiger partial charge in [0.25, 0.3) is 0 Å². The lowest BCUT2D eigenvalue weighted by molar-refractivity contribution is -0.142. The maximum absolute atomic E-state index is 11.2. The van der Waals surface area contributed by atoms with Crippen LogP contribution in [0, 0.1) is 13.8 Å². The average molecular weight is 230 g/mol. The molecule has 0 heterocycles. The van der Waals surface area contributed by atoms with Crippen molar-refractivity contribution in [1.82, 2.24) is 0 Å². The maximum Gasteiger partial charge on any atom is 0.327 e. The molecule has 84 valence electrons. The van der Waals surface area contributed by atoms with Crippen LogP contribution >= 0.6 is 12.4 Å². The first-order valence-corrected chi connectivity index (χ1v) is 4.46. The van der Waals surface area contributed by atoms with Crippen molar-refractivity contribution in [3.05, 3.63) is 34.9 Å². The van der Waals surface area contributed by atoms with E-state index < -0.39 is 12.0 Å². The van der Waals surface area contributed by atoms with Crippen LogP contribution in [0.15, 0.2) is 18.2 Å². The Balaban J connectivity index is 0.00000196. The molecule has 3 nitrogen and oxygen atoms in total. The fourth-order valence-electron chi connectivity index (χ4n) is 1.45. The largest absolute Gasteiger partial charge is 0.468 e. The molecule has 0 aliphatic carbocycles. The van der Waals surface area contributed by atoms with Crippen LogP contribution in [0.1, 0.15) is 22.7 Å². The summed E-state index contributed by atoms with van der Waals surface area (Å²) in [4.78, 5) is 11.2. The van der Waals surface area contributed by atoms with Crippen molar-refractivity contribution in [2.24, 2.45) is 5.73 Å². The Kier molecular flexibility index (Phi) is 5.33. The van der Waals surface area contributed by atoms with Crippen molar-refractivity contribution in [2.75, 3.05) is 7.11 Å². The molecule has 0 saturated heterocycles. The zero-order chi connectivity index (χ0) is 10.7. The molecular formula is C11H16ClNO2. The highest BCUT2D eigenvalue weighted by Crippen LogP contribution is 2.15. The van der Waals surface area contributed by atoms with Gasteiger partial charge in [0.05, 0.1) is 7.11 Å². The Bertz CT molecular complexity index is 332. The summed E-state index contributed by atoms with van der Waals surface area (Å²) >= 11 is 0. The smallest absolute Gasteiger partial charge is 0.327 e. The minimum absolute atomic E-state index is 0. The van der Waals surface area contributed by atoms with E-state index in [4.69, 9.17) is 5.73 Å². The van der Waals surface area contributed by atoms with Crippen LogP contribution in [0.25, 0.3) is 0 Å². The average Bonchev–Trinajstić information content (AvgIpc) is 2.14. The van der Waals surface area contributed by atoms with E-state index in [-0.39, 0.29) is 12.4 Å². The number of ether oxygens (including phenoxy) is 1. The number of carbonyl (C=O) groups is 1. The highest BCUT2D eigenvalue weighted by atomic mass is 35.5. The van der Waals surface area contributed by atoms with Gasteiger partial charge in [0.1, 0.15) is 6.04 Å². The first-order chi connectivity index (χ1) is 6.54. The molecule has 0 aliphatic heterocycles. The topological polar surface area (TPSA) is 52.3 Å². The van der Waals surface area contributed by atoms with Crippen LogP contribution < -0.4 is 5.73 Å². The first kappa shape index (κ1) is 13.9. The summed E-state index contributed by atoms with van der Waals surface area (Å²) in [6.07, 6.45) is 0. The third-order valence-corrected chi connectivity index (χ3v) is 2.06. The van der Waals surface area contributed by atoms with Crippen LogP contribution in [0.3, 0.4) is 0 Å². The van der Waals surface area contributed by atoms with E-state index in [1.165, 1.54) is 7.11 Å². The lowest BCUT2D eigenvalue weighted by atomic mass is 10.0. The van der Waals surface area contributed by atoms with E-state index >= 15 is 0 Å². The normalized spacial score (nSPS) is 11.5. The summed E-state index contributed by atoms with van der Waals surface area (Å²) in [5, 5.41) is 0. The van der Waals surface area contributed by atoms with Crippen LogP contribution in [0.5, 0.6) is 0 Å². The van der Waals surface area contributed by atoms with Crippen molar-refractivity contribution >= 4 is 18.4 Å². The standard InChI is InChI=1S/C11H15NO2.ClH/c1-7-4-8(2)6-9(5-7)10(12)11(13)14-3;/h4-6,10H,12H2,1-3H3;1H/t10-;/m1./s1. The summed E-state index contributed by atoms with van der Waals surface area (Å²) in [7, 11) is 1.34.